The minimum atomic E-state index is 0.348. The van der Waals surface area contributed by atoms with Crippen LogP contribution in [0, 0.1) is 5.92 Å². The van der Waals surface area contributed by atoms with Gasteiger partial charge in [-0.3, -0.25) is 4.99 Å². The Kier molecular flexibility index (Phi) is 2.63. The van der Waals surface area contributed by atoms with Gasteiger partial charge in [0.25, 0.3) is 0 Å². The molecule has 2 aromatic rings. The second-order valence-electron chi connectivity index (χ2n) is 5.30. The lowest BCUT2D eigenvalue weighted by Gasteiger charge is -2.02. The Morgan fingerprint density at radius 3 is 2.60 bits per heavy atom. The van der Waals surface area contributed by atoms with E-state index in [9.17, 15) is 0 Å². The van der Waals surface area contributed by atoms with Crippen LogP contribution in [0.25, 0.3) is 11.1 Å². The van der Waals surface area contributed by atoms with Gasteiger partial charge in [0.1, 0.15) is 0 Å². The van der Waals surface area contributed by atoms with Crippen molar-refractivity contribution in [3.63, 3.8) is 0 Å². The minimum absolute atomic E-state index is 0.348. The highest BCUT2D eigenvalue weighted by molar-refractivity contribution is 5.79. The SMILES string of the molecule is C1=CC(C=Nc2ccc3c(c2)Cc2ccccc2-3)C=C1. The van der Waals surface area contributed by atoms with Crippen molar-refractivity contribution in [1.82, 2.24) is 0 Å². The molecule has 0 atom stereocenters. The lowest BCUT2D eigenvalue weighted by Crippen LogP contribution is -1.88. The fourth-order valence-electron chi connectivity index (χ4n) is 2.93. The van der Waals surface area contributed by atoms with Gasteiger partial charge in [-0.15, -0.1) is 0 Å². The van der Waals surface area contributed by atoms with Crippen LogP contribution in [0.4, 0.5) is 5.69 Å². The molecule has 0 amide bonds. The maximum atomic E-state index is 4.60. The van der Waals surface area contributed by atoms with Crippen molar-refractivity contribution >= 4 is 11.9 Å². The third kappa shape index (κ3) is 1.92. The first kappa shape index (κ1) is 11.4. The second-order valence-corrected chi connectivity index (χ2v) is 5.30. The Hall–Kier alpha value is -2.41. The van der Waals surface area contributed by atoms with Crippen molar-refractivity contribution in [2.45, 2.75) is 6.42 Å². The van der Waals surface area contributed by atoms with E-state index in [-0.39, 0.29) is 0 Å². The highest BCUT2D eigenvalue weighted by Gasteiger charge is 2.17. The fourth-order valence-corrected chi connectivity index (χ4v) is 2.93. The van der Waals surface area contributed by atoms with Crippen LogP contribution in [0.15, 0.2) is 71.8 Å². The number of hydrogen-bond acceptors (Lipinski definition) is 1. The molecule has 2 aliphatic rings. The summed E-state index contributed by atoms with van der Waals surface area (Å²) >= 11 is 0. The molecular weight excluding hydrogens is 242 g/mol. The van der Waals surface area contributed by atoms with Crippen molar-refractivity contribution in [3.05, 3.63) is 77.9 Å². The van der Waals surface area contributed by atoms with Gasteiger partial charge in [-0.05, 0) is 40.8 Å². The molecule has 2 aromatic carbocycles. The molecular formula is C19H15N. The molecule has 1 nitrogen and oxygen atoms in total. The standard InChI is InChI=1S/C19H15N/c1-2-6-14(5-1)13-20-17-9-10-19-16(12-17)11-15-7-3-4-8-18(15)19/h1-10,12-14H,11H2. The van der Waals surface area contributed by atoms with E-state index in [2.05, 4.69) is 71.8 Å². The Labute approximate surface area is 119 Å². The van der Waals surface area contributed by atoms with E-state index < -0.39 is 0 Å². The maximum absolute atomic E-state index is 4.60. The molecule has 20 heavy (non-hydrogen) atoms. The van der Waals surface area contributed by atoms with Crippen LogP contribution in [0.1, 0.15) is 11.1 Å². The van der Waals surface area contributed by atoms with E-state index in [4.69, 9.17) is 0 Å². The molecule has 0 aliphatic heterocycles. The molecule has 0 bridgehead atoms. The average Bonchev–Trinajstić information content (AvgIpc) is 3.12. The predicted octanol–water partition coefficient (Wildman–Crippen LogP) is 4.70. The summed E-state index contributed by atoms with van der Waals surface area (Å²) in [4.78, 5) is 4.60. The van der Waals surface area contributed by atoms with Crippen LogP contribution in [0.3, 0.4) is 0 Å². The molecule has 0 saturated carbocycles. The first-order valence-electron chi connectivity index (χ1n) is 7.00. The molecule has 96 valence electrons. The van der Waals surface area contributed by atoms with Crippen molar-refractivity contribution in [2.75, 3.05) is 0 Å². The van der Waals surface area contributed by atoms with E-state index in [1.54, 1.807) is 0 Å². The quantitative estimate of drug-likeness (QED) is 0.590. The van der Waals surface area contributed by atoms with Gasteiger partial charge in [-0.2, -0.15) is 0 Å². The van der Waals surface area contributed by atoms with E-state index >= 15 is 0 Å². The van der Waals surface area contributed by atoms with Crippen molar-refractivity contribution < 1.29 is 0 Å². The highest BCUT2D eigenvalue weighted by Crippen LogP contribution is 2.38. The molecule has 0 saturated heterocycles. The van der Waals surface area contributed by atoms with Crippen LogP contribution in [0.2, 0.25) is 0 Å². The molecule has 0 N–H and O–H groups in total. The number of allylic oxidation sites excluding steroid dienone is 4. The fraction of sp³-hybridized carbons (Fsp3) is 0.105. The Bertz CT molecular complexity index is 738. The minimum Gasteiger partial charge on any atom is -0.260 e. The monoisotopic (exact) mass is 257 g/mol. The Balaban J connectivity index is 1.65. The predicted molar refractivity (Wildman–Crippen MR) is 84.6 cm³/mol. The Morgan fingerprint density at radius 2 is 1.70 bits per heavy atom. The van der Waals surface area contributed by atoms with Crippen LogP contribution in [-0.4, -0.2) is 6.21 Å². The number of aliphatic imine (C=N–C) groups is 1. The molecule has 0 aromatic heterocycles. The number of nitrogens with zero attached hydrogens (tertiary/aromatic N) is 1. The van der Waals surface area contributed by atoms with E-state index in [0.717, 1.165) is 12.1 Å². The summed E-state index contributed by atoms with van der Waals surface area (Å²) in [6, 6.07) is 15.2. The van der Waals surface area contributed by atoms with Crippen LogP contribution < -0.4 is 0 Å². The first-order chi connectivity index (χ1) is 9.90. The normalized spacial score (nSPS) is 16.0. The highest BCUT2D eigenvalue weighted by atomic mass is 14.7. The average molecular weight is 257 g/mol. The van der Waals surface area contributed by atoms with E-state index in [1.807, 2.05) is 6.21 Å². The van der Waals surface area contributed by atoms with Gasteiger partial charge >= 0.3 is 0 Å². The second kappa shape index (κ2) is 4.61. The van der Waals surface area contributed by atoms with E-state index in [0.29, 0.717) is 5.92 Å². The zero-order valence-electron chi connectivity index (χ0n) is 11.2. The molecule has 1 heteroatoms. The summed E-state index contributed by atoms with van der Waals surface area (Å²) in [5.74, 6) is 0.348. The number of rotatable bonds is 2. The largest absolute Gasteiger partial charge is 0.260 e. The summed E-state index contributed by atoms with van der Waals surface area (Å²) in [5, 5.41) is 0. The van der Waals surface area contributed by atoms with Gasteiger partial charge in [0, 0.05) is 12.1 Å². The van der Waals surface area contributed by atoms with Gasteiger partial charge in [0.15, 0.2) is 0 Å². The third-order valence-electron chi connectivity index (χ3n) is 3.95. The summed E-state index contributed by atoms with van der Waals surface area (Å²) in [6.07, 6.45) is 11.5. The molecule has 4 rings (SSSR count). The molecule has 0 fully saturated rings. The lowest BCUT2D eigenvalue weighted by atomic mass is 10.1. The molecule has 2 aliphatic carbocycles. The third-order valence-corrected chi connectivity index (χ3v) is 3.95. The Morgan fingerprint density at radius 1 is 0.900 bits per heavy atom. The zero-order valence-corrected chi connectivity index (χ0v) is 11.2. The van der Waals surface area contributed by atoms with Crippen molar-refractivity contribution in [3.8, 4) is 11.1 Å². The van der Waals surface area contributed by atoms with E-state index in [1.165, 1.54) is 22.3 Å². The smallest absolute Gasteiger partial charge is 0.0629 e. The van der Waals surface area contributed by atoms with Crippen molar-refractivity contribution in [1.29, 1.82) is 0 Å². The maximum Gasteiger partial charge on any atom is 0.0629 e. The summed E-state index contributed by atoms with van der Waals surface area (Å²) < 4.78 is 0. The van der Waals surface area contributed by atoms with Gasteiger partial charge in [-0.25, -0.2) is 0 Å². The molecule has 0 unspecified atom stereocenters. The molecule has 0 radical (unpaired) electrons. The topological polar surface area (TPSA) is 12.4 Å². The van der Waals surface area contributed by atoms with Crippen LogP contribution in [-0.2, 0) is 6.42 Å². The first-order valence-corrected chi connectivity index (χ1v) is 7.00. The summed E-state index contributed by atoms with van der Waals surface area (Å²) in [6.45, 7) is 0. The summed E-state index contributed by atoms with van der Waals surface area (Å²) in [5.41, 5.74) is 6.59. The zero-order chi connectivity index (χ0) is 13.4. The molecule has 0 heterocycles. The number of hydrogen-bond donors (Lipinski definition) is 0. The number of fused-ring (bicyclic) bond motifs is 3. The molecule has 0 spiro atoms. The van der Waals surface area contributed by atoms with Gasteiger partial charge < -0.3 is 0 Å². The van der Waals surface area contributed by atoms with Gasteiger partial charge in [-0.1, -0.05) is 54.6 Å². The lowest BCUT2D eigenvalue weighted by molar-refractivity contribution is 1.19. The van der Waals surface area contributed by atoms with Crippen LogP contribution >= 0.6 is 0 Å². The van der Waals surface area contributed by atoms with Gasteiger partial charge in [0.05, 0.1) is 5.69 Å². The van der Waals surface area contributed by atoms with Gasteiger partial charge in [0.2, 0.25) is 0 Å². The number of benzene rings is 2. The van der Waals surface area contributed by atoms with Crippen LogP contribution in [0.5, 0.6) is 0 Å². The summed E-state index contributed by atoms with van der Waals surface area (Å²) in [7, 11) is 0. The van der Waals surface area contributed by atoms with Crippen molar-refractivity contribution in [2.24, 2.45) is 10.9 Å².